The van der Waals surface area contributed by atoms with Gasteiger partial charge in [0, 0.05) is 38.2 Å². The van der Waals surface area contributed by atoms with Gasteiger partial charge in [-0.1, -0.05) is 53.5 Å². The molecule has 5 aromatic rings. The maximum Gasteiger partial charge on any atom is 0.379 e. The van der Waals surface area contributed by atoms with Gasteiger partial charge in [-0.2, -0.15) is 5.26 Å². The Morgan fingerprint density at radius 3 is 2.57 bits per heavy atom. The highest BCUT2D eigenvalue weighted by atomic mass is 35.5. The normalized spacial score (nSPS) is 14.0. The van der Waals surface area contributed by atoms with Crippen LogP contribution in [0.5, 0.6) is 23.0 Å². The molecule has 0 radical (unpaired) electrons. The first kappa shape index (κ1) is 30.9. The second-order valence-electron chi connectivity index (χ2n) is 10.7. The van der Waals surface area contributed by atoms with Crippen molar-refractivity contribution in [3.63, 3.8) is 0 Å². The molecule has 6 rings (SSSR count). The summed E-state index contributed by atoms with van der Waals surface area (Å²) < 4.78 is 29.4. The summed E-state index contributed by atoms with van der Waals surface area (Å²) in [6.07, 6.45) is 0. The summed E-state index contributed by atoms with van der Waals surface area (Å²) in [5.74, 6) is 0.393. The standard InChI is InChI=1S/C36H28Cl2N2O6/c1-4-42-32-14-21(7-12-29(32)43-18-22-6-8-23(37)15-28(22)38)33-26-11-9-24(16-31(26)46-35(40)27(33)17-39)44-36(41)34-20(3)25-10-5-19(2)13-30(25)45-34/h5-16,33H,4,18,40H2,1-3H3. The molecule has 232 valence electrons. The molecule has 46 heavy (non-hydrogen) atoms. The number of nitrogens with two attached hydrogens (primary N) is 1. The van der Waals surface area contributed by atoms with E-state index in [9.17, 15) is 10.1 Å². The van der Waals surface area contributed by atoms with Crippen molar-refractivity contribution in [3.05, 3.63) is 128 Å². The highest BCUT2D eigenvalue weighted by Gasteiger charge is 2.32. The van der Waals surface area contributed by atoms with Crippen molar-refractivity contribution in [1.82, 2.24) is 0 Å². The molecule has 0 aliphatic carbocycles. The average molecular weight is 656 g/mol. The Hall–Kier alpha value is -5.10. The third-order valence-corrected chi connectivity index (χ3v) is 8.27. The minimum absolute atomic E-state index is 0.0531. The van der Waals surface area contributed by atoms with E-state index in [1.54, 1.807) is 42.5 Å². The highest BCUT2D eigenvalue weighted by molar-refractivity contribution is 6.35. The lowest BCUT2D eigenvalue weighted by molar-refractivity contribution is 0.0702. The van der Waals surface area contributed by atoms with Gasteiger partial charge in [0.1, 0.15) is 35.3 Å². The van der Waals surface area contributed by atoms with E-state index >= 15 is 0 Å². The fraction of sp³-hybridized carbons (Fsp3) is 0.167. The Morgan fingerprint density at radius 1 is 0.978 bits per heavy atom. The van der Waals surface area contributed by atoms with Gasteiger partial charge in [-0.25, -0.2) is 4.79 Å². The number of esters is 1. The van der Waals surface area contributed by atoms with Crippen LogP contribution in [0.15, 0.2) is 88.7 Å². The smallest absolute Gasteiger partial charge is 0.379 e. The van der Waals surface area contributed by atoms with E-state index in [2.05, 4.69) is 6.07 Å². The lowest BCUT2D eigenvalue weighted by Gasteiger charge is -2.27. The number of hydrogen-bond donors (Lipinski definition) is 1. The van der Waals surface area contributed by atoms with Gasteiger partial charge < -0.3 is 29.1 Å². The zero-order valence-corrected chi connectivity index (χ0v) is 26.7. The van der Waals surface area contributed by atoms with E-state index in [1.807, 2.05) is 51.1 Å². The Bertz CT molecular complexity index is 2080. The number of allylic oxidation sites excluding steroid dienone is 1. The minimum Gasteiger partial charge on any atom is -0.490 e. The van der Waals surface area contributed by atoms with E-state index in [-0.39, 0.29) is 29.6 Å². The van der Waals surface area contributed by atoms with Gasteiger partial charge in [-0.3, -0.25) is 0 Å². The van der Waals surface area contributed by atoms with Gasteiger partial charge in [-0.05, 0) is 68.3 Å². The number of carbonyl (C=O) groups is 1. The SMILES string of the molecule is CCOc1cc(C2C(C#N)=C(N)Oc3cc(OC(=O)c4oc5cc(C)ccc5c4C)ccc32)ccc1OCc1ccc(Cl)cc1Cl. The topological polar surface area (TPSA) is 117 Å². The molecule has 1 unspecified atom stereocenters. The first-order valence-corrected chi connectivity index (χ1v) is 15.2. The number of fused-ring (bicyclic) bond motifs is 2. The number of nitrogens with zero attached hydrogens (tertiary/aromatic N) is 1. The molecular formula is C36H28Cl2N2O6. The highest BCUT2D eigenvalue weighted by Crippen LogP contribution is 2.45. The second-order valence-corrected chi connectivity index (χ2v) is 11.6. The van der Waals surface area contributed by atoms with Crippen LogP contribution in [-0.4, -0.2) is 12.6 Å². The summed E-state index contributed by atoms with van der Waals surface area (Å²) in [5, 5.41) is 11.9. The maximum atomic E-state index is 13.1. The summed E-state index contributed by atoms with van der Waals surface area (Å²) in [6, 6.07) is 23.5. The predicted octanol–water partition coefficient (Wildman–Crippen LogP) is 8.77. The number of furan rings is 1. The summed E-state index contributed by atoms with van der Waals surface area (Å²) in [5.41, 5.74) is 10.9. The Kier molecular flexibility index (Phi) is 8.55. The van der Waals surface area contributed by atoms with E-state index in [0.717, 1.165) is 22.1 Å². The molecule has 0 fully saturated rings. The van der Waals surface area contributed by atoms with Crippen LogP contribution in [0.4, 0.5) is 0 Å². The largest absolute Gasteiger partial charge is 0.490 e. The maximum absolute atomic E-state index is 13.1. The molecule has 2 heterocycles. The van der Waals surface area contributed by atoms with Gasteiger partial charge in [0.25, 0.3) is 0 Å². The van der Waals surface area contributed by atoms with Crippen LogP contribution in [0.2, 0.25) is 10.0 Å². The van der Waals surface area contributed by atoms with Crippen molar-refractivity contribution < 1.29 is 28.2 Å². The molecule has 2 N–H and O–H groups in total. The molecule has 1 atom stereocenters. The molecule has 0 bridgehead atoms. The molecule has 1 aliphatic heterocycles. The van der Waals surface area contributed by atoms with Gasteiger partial charge >= 0.3 is 5.97 Å². The van der Waals surface area contributed by atoms with E-state index < -0.39 is 11.9 Å². The number of aryl methyl sites for hydroxylation is 2. The third kappa shape index (κ3) is 5.95. The van der Waals surface area contributed by atoms with E-state index in [0.29, 0.717) is 50.6 Å². The molecule has 10 heteroatoms. The fourth-order valence-corrected chi connectivity index (χ4v) is 5.87. The van der Waals surface area contributed by atoms with Crippen molar-refractivity contribution in [3.8, 4) is 29.1 Å². The number of nitriles is 1. The first-order chi connectivity index (χ1) is 22.2. The van der Waals surface area contributed by atoms with Crippen LogP contribution in [0, 0.1) is 25.2 Å². The predicted molar refractivity (Wildman–Crippen MR) is 175 cm³/mol. The molecule has 0 spiro atoms. The number of ether oxygens (including phenoxy) is 4. The third-order valence-electron chi connectivity index (χ3n) is 7.68. The monoisotopic (exact) mass is 654 g/mol. The molecule has 0 amide bonds. The minimum atomic E-state index is -0.642. The van der Waals surface area contributed by atoms with Crippen LogP contribution in [-0.2, 0) is 6.61 Å². The van der Waals surface area contributed by atoms with Gasteiger partial charge in [0.15, 0.2) is 11.5 Å². The zero-order valence-electron chi connectivity index (χ0n) is 25.1. The molecule has 8 nitrogen and oxygen atoms in total. The van der Waals surface area contributed by atoms with Crippen LogP contribution in [0.1, 0.15) is 51.2 Å². The number of hydrogen-bond acceptors (Lipinski definition) is 8. The molecule has 1 aromatic heterocycles. The van der Waals surface area contributed by atoms with Gasteiger partial charge in [0.05, 0.1) is 12.5 Å². The number of rotatable bonds is 8. The first-order valence-electron chi connectivity index (χ1n) is 14.4. The lowest BCUT2D eigenvalue weighted by atomic mass is 9.83. The van der Waals surface area contributed by atoms with Gasteiger partial charge in [-0.15, -0.1) is 0 Å². The molecular weight excluding hydrogens is 627 g/mol. The fourth-order valence-electron chi connectivity index (χ4n) is 5.41. The Labute approximate surface area is 275 Å². The summed E-state index contributed by atoms with van der Waals surface area (Å²) in [4.78, 5) is 13.1. The Morgan fingerprint density at radius 2 is 1.80 bits per heavy atom. The van der Waals surface area contributed by atoms with E-state index in [1.165, 1.54) is 0 Å². The molecule has 0 saturated carbocycles. The molecule has 0 saturated heterocycles. The average Bonchev–Trinajstić information content (AvgIpc) is 3.35. The van der Waals surface area contributed by atoms with Crippen molar-refractivity contribution in [2.75, 3.05) is 6.61 Å². The summed E-state index contributed by atoms with van der Waals surface area (Å²) >= 11 is 12.4. The second kappa shape index (κ2) is 12.7. The van der Waals surface area contributed by atoms with Gasteiger partial charge in [0.2, 0.25) is 11.6 Å². The van der Waals surface area contributed by atoms with Crippen LogP contribution in [0.25, 0.3) is 11.0 Å². The van der Waals surface area contributed by atoms with Crippen molar-refractivity contribution in [2.24, 2.45) is 5.73 Å². The Balaban J connectivity index is 1.29. The summed E-state index contributed by atoms with van der Waals surface area (Å²) in [6.45, 7) is 6.21. The zero-order chi connectivity index (χ0) is 32.5. The number of benzene rings is 4. The quantitative estimate of drug-likeness (QED) is 0.130. The van der Waals surface area contributed by atoms with E-state index in [4.69, 9.17) is 52.3 Å². The molecule has 1 aliphatic rings. The van der Waals surface area contributed by atoms with Crippen molar-refractivity contribution >= 4 is 40.1 Å². The van der Waals surface area contributed by atoms with Crippen LogP contribution in [0.3, 0.4) is 0 Å². The van der Waals surface area contributed by atoms with Crippen molar-refractivity contribution in [1.29, 1.82) is 5.26 Å². The molecule has 4 aromatic carbocycles. The number of carbonyl (C=O) groups excluding carboxylic acids is 1. The number of halogens is 2. The summed E-state index contributed by atoms with van der Waals surface area (Å²) in [7, 11) is 0. The van der Waals surface area contributed by atoms with Crippen LogP contribution >= 0.6 is 23.2 Å². The van der Waals surface area contributed by atoms with Crippen LogP contribution < -0.4 is 24.7 Å². The lowest BCUT2D eigenvalue weighted by Crippen LogP contribution is -2.21. The van der Waals surface area contributed by atoms with Crippen molar-refractivity contribution in [2.45, 2.75) is 33.3 Å².